The van der Waals surface area contributed by atoms with Gasteiger partial charge in [0.15, 0.2) is 5.78 Å². The van der Waals surface area contributed by atoms with Crippen molar-refractivity contribution in [1.29, 1.82) is 0 Å². The Morgan fingerprint density at radius 1 is 1.12 bits per heavy atom. The number of fused-ring (bicyclic) bond motifs is 7. The molecule has 1 aliphatic carbocycles. The molecule has 7 nitrogen and oxygen atoms in total. The number of ether oxygens (including phenoxy) is 1. The van der Waals surface area contributed by atoms with E-state index in [4.69, 9.17) is 25.3 Å². The molecule has 2 unspecified atom stereocenters. The Bertz CT molecular complexity index is 1570. The molecule has 8 heteroatoms. The maximum Gasteiger partial charge on any atom is 2.00 e. The average Bonchev–Trinajstić information content (AvgIpc) is 3.66. The first-order valence-electron chi connectivity index (χ1n) is 14.3. The maximum absolute atomic E-state index is 13.8. The third-order valence-electron chi connectivity index (χ3n) is 9.76. The van der Waals surface area contributed by atoms with Gasteiger partial charge >= 0.3 is 29.0 Å². The summed E-state index contributed by atoms with van der Waals surface area (Å²) in [6.07, 6.45) is 6.09. The summed E-state index contributed by atoms with van der Waals surface area (Å²) in [5, 5.41) is 10.4. The van der Waals surface area contributed by atoms with Crippen LogP contribution in [0.15, 0.2) is 35.2 Å². The van der Waals surface area contributed by atoms with Crippen molar-refractivity contribution in [1.82, 2.24) is 9.97 Å². The first kappa shape index (κ1) is 29.5. The van der Waals surface area contributed by atoms with Crippen LogP contribution in [0.1, 0.15) is 83.9 Å². The summed E-state index contributed by atoms with van der Waals surface area (Å²) in [4.78, 5) is 37.0. The Morgan fingerprint density at radius 2 is 1.85 bits per heavy atom. The fraction of sp³-hybridized carbons (Fsp3) is 0.455. The van der Waals surface area contributed by atoms with Crippen molar-refractivity contribution in [2.24, 2.45) is 17.8 Å². The van der Waals surface area contributed by atoms with Gasteiger partial charge in [0.05, 0.1) is 7.11 Å². The van der Waals surface area contributed by atoms with Crippen LogP contribution >= 0.6 is 0 Å². The molecule has 0 radical (unpaired) electrons. The number of carbonyl (C=O) groups excluding carboxylic acids is 2. The summed E-state index contributed by atoms with van der Waals surface area (Å²) >= 11 is 0. The van der Waals surface area contributed by atoms with E-state index >= 15 is 0 Å². The molecule has 0 aromatic carbocycles. The van der Waals surface area contributed by atoms with E-state index in [1.807, 2.05) is 13.0 Å². The molecule has 41 heavy (non-hydrogen) atoms. The van der Waals surface area contributed by atoms with E-state index in [0.29, 0.717) is 23.3 Å². The van der Waals surface area contributed by atoms with E-state index in [1.165, 1.54) is 18.2 Å². The minimum absolute atomic E-state index is 0. The number of esters is 1. The summed E-state index contributed by atoms with van der Waals surface area (Å²) in [5.74, 6) is -1.56. The van der Waals surface area contributed by atoms with Gasteiger partial charge in [0.1, 0.15) is 5.92 Å². The van der Waals surface area contributed by atoms with E-state index in [0.717, 1.165) is 58.0 Å². The van der Waals surface area contributed by atoms with Crippen LogP contribution in [0.5, 0.6) is 0 Å². The molecule has 0 N–H and O–H groups in total. The van der Waals surface area contributed by atoms with Crippen molar-refractivity contribution >= 4 is 46.5 Å². The molecule has 0 saturated carbocycles. The predicted octanol–water partition coefficient (Wildman–Crippen LogP) is 5.72. The molecule has 210 valence electrons. The molecule has 2 aromatic rings. The summed E-state index contributed by atoms with van der Waals surface area (Å²) in [6.45, 7) is 16.7. The van der Waals surface area contributed by atoms with Crippen LogP contribution in [0.2, 0.25) is 0 Å². The molecule has 6 rings (SSSR count). The number of hydrogen-bond acceptors (Lipinski definition) is 3. The van der Waals surface area contributed by atoms with E-state index in [-0.39, 0.29) is 52.8 Å². The van der Waals surface area contributed by atoms with Crippen LogP contribution in [-0.4, -0.2) is 54.0 Å². The first-order chi connectivity index (χ1) is 19.1. The Hall–Kier alpha value is -2.97. The number of ketones is 1. The van der Waals surface area contributed by atoms with Crippen molar-refractivity contribution in [3.63, 3.8) is 0 Å². The molecular weight excluding hydrogens is 525 g/mol. The number of carbonyl (C=O) groups is 2. The topological polar surface area (TPSA) is 99.8 Å². The molecule has 1 fully saturated rings. The zero-order valence-electron chi connectivity index (χ0n) is 25.1. The van der Waals surface area contributed by atoms with E-state index in [9.17, 15) is 9.59 Å². The SMILES string of the molecule is C=CC1=C(C)C2CC3[N-]/C(=C4\c5[n-]c(c(C)c5C(=O)[C@@H]4C(=O)OC)Cc4[n-]c(c(C)c4CC)/C=C/1[N-]2)[C@@H](C)[C@@H]3C.[Mg+2]. The summed E-state index contributed by atoms with van der Waals surface area (Å²) in [7, 11) is 1.33. The maximum atomic E-state index is 13.8. The van der Waals surface area contributed by atoms with Crippen molar-refractivity contribution in [2.45, 2.75) is 72.9 Å². The predicted molar refractivity (Wildman–Crippen MR) is 162 cm³/mol. The first-order valence-corrected chi connectivity index (χ1v) is 14.3. The number of Topliss-reactive ketones (excluding diaryl/α,β-unsaturated/α-hetero) is 1. The Morgan fingerprint density at radius 3 is 2.51 bits per heavy atom. The minimum Gasteiger partial charge on any atom is -0.684 e. The quantitative estimate of drug-likeness (QED) is 0.272. The zero-order valence-corrected chi connectivity index (χ0v) is 26.5. The Labute approximate surface area is 258 Å². The monoisotopic (exact) mass is 560 g/mol. The molecule has 2 aromatic heterocycles. The number of methoxy groups -OCH3 is 1. The van der Waals surface area contributed by atoms with E-state index in [1.54, 1.807) is 0 Å². The van der Waals surface area contributed by atoms with Crippen LogP contribution in [0, 0.1) is 31.6 Å². The third-order valence-corrected chi connectivity index (χ3v) is 9.76. The number of nitrogens with zero attached hydrogens (tertiary/aromatic N) is 4. The second kappa shape index (κ2) is 10.7. The van der Waals surface area contributed by atoms with Gasteiger partial charge in [-0.15, -0.1) is 23.1 Å². The van der Waals surface area contributed by atoms with Gasteiger partial charge in [-0.05, 0) is 45.1 Å². The van der Waals surface area contributed by atoms with Crippen LogP contribution in [0.3, 0.4) is 0 Å². The van der Waals surface area contributed by atoms with Gasteiger partial charge in [0.2, 0.25) is 0 Å². The second-order valence-corrected chi connectivity index (χ2v) is 11.7. The van der Waals surface area contributed by atoms with Crippen LogP contribution in [-0.2, 0) is 22.4 Å². The van der Waals surface area contributed by atoms with E-state index in [2.05, 4.69) is 47.3 Å². The summed E-state index contributed by atoms with van der Waals surface area (Å²) in [6, 6.07) is -0.0343. The molecule has 0 amide bonds. The van der Waals surface area contributed by atoms with Crippen LogP contribution in [0.4, 0.5) is 0 Å². The smallest absolute Gasteiger partial charge is 0.684 e. The summed E-state index contributed by atoms with van der Waals surface area (Å²) < 4.78 is 5.14. The Kier molecular flexibility index (Phi) is 7.70. The van der Waals surface area contributed by atoms with Gasteiger partial charge in [-0.3, -0.25) is 9.59 Å². The molecule has 5 heterocycles. The van der Waals surface area contributed by atoms with Crippen molar-refractivity contribution in [2.75, 3.05) is 7.11 Å². The number of aromatic nitrogens is 2. The third kappa shape index (κ3) is 4.28. The summed E-state index contributed by atoms with van der Waals surface area (Å²) in [5.41, 5.74) is 11.6. The number of hydrogen-bond donors (Lipinski definition) is 0. The molecule has 1 saturated heterocycles. The molecule has 4 aliphatic rings. The van der Waals surface area contributed by atoms with Gasteiger partial charge < -0.3 is 25.3 Å². The second-order valence-electron chi connectivity index (χ2n) is 11.7. The van der Waals surface area contributed by atoms with Crippen molar-refractivity contribution in [3.05, 3.63) is 90.9 Å². The molecule has 8 bridgehead atoms. The largest absolute Gasteiger partial charge is 2.00 e. The fourth-order valence-corrected chi connectivity index (χ4v) is 7.13. The van der Waals surface area contributed by atoms with Crippen LogP contribution < -0.4 is 9.97 Å². The van der Waals surface area contributed by atoms with Gasteiger partial charge in [0, 0.05) is 5.56 Å². The average molecular weight is 561 g/mol. The normalized spacial score (nSPS) is 29.5. The fourth-order valence-electron chi connectivity index (χ4n) is 7.13. The standard InChI is InChI=1S/C33H37N4O3.Mg/c1-9-19-16(5)22-11-21-14(3)15(4)30(36-21)28-29(33(39)40-8)32(38)27-18(7)24(37-31(27)28)13-26-20(10-2)17(6)23(35-26)12-25(19)34-22;/h9,12,14-15,21-22,29H,1,10-11,13H2,2-8H3,(H-,36,37,38);/q-3;+2/p-1/b25-12-;/t14-,15-,21?,22?,29+;/m0./s1. The van der Waals surface area contributed by atoms with Gasteiger partial charge in [-0.2, -0.15) is 17.1 Å². The van der Waals surface area contributed by atoms with Gasteiger partial charge in [-0.1, -0.05) is 85.7 Å². The number of rotatable bonds is 3. The van der Waals surface area contributed by atoms with Crippen molar-refractivity contribution < 1.29 is 14.3 Å². The molecule has 5 atom stereocenters. The van der Waals surface area contributed by atoms with Gasteiger partial charge in [-0.25, -0.2) is 0 Å². The van der Waals surface area contributed by atoms with Crippen molar-refractivity contribution in [3.8, 4) is 0 Å². The van der Waals surface area contributed by atoms with Crippen LogP contribution in [0.25, 0.3) is 22.3 Å². The number of allylic oxidation sites excluding steroid dienone is 2. The minimum atomic E-state index is -1.03. The molecular formula is C33H36MgN4O3-2. The van der Waals surface area contributed by atoms with Gasteiger partial charge in [0.25, 0.3) is 0 Å². The Balaban J connectivity index is 0.00000337. The molecule has 0 spiro atoms. The molecule has 3 aliphatic heterocycles. The van der Waals surface area contributed by atoms with E-state index < -0.39 is 11.9 Å². The zero-order chi connectivity index (χ0) is 28.6.